The van der Waals surface area contributed by atoms with Crippen LogP contribution in [0.2, 0.25) is 0 Å². The molecule has 2 N–H and O–H groups in total. The smallest absolute Gasteiger partial charge is 0.451 e. The number of anilines is 1. The zero-order chi connectivity index (χ0) is 20.4. The molecule has 0 aliphatic rings. The molecule has 5 nitrogen and oxygen atoms in total. The topological polar surface area (TPSA) is 75.1 Å². The van der Waals surface area contributed by atoms with Crippen LogP contribution in [-0.2, 0) is 11.0 Å². The zero-order valence-corrected chi connectivity index (χ0v) is 15.8. The van der Waals surface area contributed by atoms with Crippen molar-refractivity contribution in [2.45, 2.75) is 64.0 Å². The van der Waals surface area contributed by atoms with Gasteiger partial charge in [0.2, 0.25) is 5.82 Å². The van der Waals surface area contributed by atoms with Crippen LogP contribution in [0.4, 0.5) is 19.0 Å². The minimum Gasteiger partial charge on any atom is -0.481 e. The Kier molecular flexibility index (Phi) is 8.47. The van der Waals surface area contributed by atoms with E-state index in [0.29, 0.717) is 11.9 Å². The van der Waals surface area contributed by atoms with Crippen LogP contribution in [0.3, 0.4) is 0 Å². The van der Waals surface area contributed by atoms with E-state index in [9.17, 15) is 18.0 Å². The van der Waals surface area contributed by atoms with E-state index < -0.39 is 18.0 Å². The fourth-order valence-corrected chi connectivity index (χ4v) is 3.01. The van der Waals surface area contributed by atoms with Crippen LogP contribution in [0, 0.1) is 0 Å². The number of aliphatic carboxylic acids is 1. The highest BCUT2D eigenvalue weighted by molar-refractivity contribution is 5.89. The Morgan fingerprint density at radius 1 is 0.929 bits per heavy atom. The van der Waals surface area contributed by atoms with Gasteiger partial charge in [0.1, 0.15) is 5.82 Å². The summed E-state index contributed by atoms with van der Waals surface area (Å²) in [6.07, 6.45) is 3.42. The summed E-state index contributed by atoms with van der Waals surface area (Å²) in [6, 6.07) is 6.66. The van der Waals surface area contributed by atoms with Gasteiger partial charge in [-0.1, -0.05) is 50.7 Å². The lowest BCUT2D eigenvalue weighted by Crippen LogP contribution is -2.14. The number of unbranched alkanes of at least 4 members (excludes halogenated alkanes) is 7. The summed E-state index contributed by atoms with van der Waals surface area (Å²) in [7, 11) is 0. The Hall–Kier alpha value is -2.38. The van der Waals surface area contributed by atoms with Crippen LogP contribution in [0.1, 0.15) is 63.6 Å². The van der Waals surface area contributed by atoms with Crippen molar-refractivity contribution in [3.63, 3.8) is 0 Å². The number of halogens is 3. The fraction of sp³-hybridized carbons (Fsp3) is 0.550. The van der Waals surface area contributed by atoms with E-state index in [1.807, 2.05) is 0 Å². The molecule has 8 heteroatoms. The van der Waals surface area contributed by atoms with E-state index in [2.05, 4.69) is 15.3 Å². The van der Waals surface area contributed by atoms with E-state index in [-0.39, 0.29) is 17.8 Å². The van der Waals surface area contributed by atoms with Gasteiger partial charge in [-0.15, -0.1) is 0 Å². The number of alkyl halides is 3. The van der Waals surface area contributed by atoms with Gasteiger partial charge in [0.15, 0.2) is 0 Å². The maximum Gasteiger partial charge on any atom is 0.451 e. The number of nitrogens with one attached hydrogen (secondary N) is 1. The average Bonchev–Trinajstić information content (AvgIpc) is 2.64. The molecule has 0 saturated carbocycles. The molecule has 2 rings (SSSR count). The van der Waals surface area contributed by atoms with Crippen molar-refractivity contribution < 1.29 is 23.1 Å². The minimum absolute atomic E-state index is 0.219. The molecule has 0 atom stereocenters. The lowest BCUT2D eigenvalue weighted by atomic mass is 10.1. The molecule has 0 saturated heterocycles. The predicted molar refractivity (Wildman–Crippen MR) is 102 cm³/mol. The number of carboxylic acids is 1. The van der Waals surface area contributed by atoms with Crippen LogP contribution in [-0.4, -0.2) is 27.6 Å². The lowest BCUT2D eigenvalue weighted by Gasteiger charge is -2.12. The summed E-state index contributed by atoms with van der Waals surface area (Å²) in [5.74, 6) is -1.65. The number of benzene rings is 1. The Labute approximate surface area is 162 Å². The molecule has 0 amide bonds. The van der Waals surface area contributed by atoms with Gasteiger partial charge in [-0.25, -0.2) is 9.97 Å². The van der Waals surface area contributed by atoms with Crippen molar-refractivity contribution >= 4 is 22.7 Å². The van der Waals surface area contributed by atoms with Gasteiger partial charge in [0, 0.05) is 18.4 Å². The Bertz CT molecular complexity index is 766. The van der Waals surface area contributed by atoms with E-state index in [1.165, 1.54) is 0 Å². The quantitative estimate of drug-likeness (QED) is 0.452. The summed E-state index contributed by atoms with van der Waals surface area (Å²) >= 11 is 0. The van der Waals surface area contributed by atoms with E-state index in [4.69, 9.17) is 5.11 Å². The second-order valence-corrected chi connectivity index (χ2v) is 6.81. The van der Waals surface area contributed by atoms with Crippen LogP contribution in [0.5, 0.6) is 0 Å². The molecule has 0 unspecified atom stereocenters. The first kappa shape index (κ1) is 21.9. The molecule has 0 fully saturated rings. The molecule has 0 spiro atoms. The Morgan fingerprint density at radius 2 is 1.54 bits per heavy atom. The van der Waals surface area contributed by atoms with Crippen LogP contribution in [0.25, 0.3) is 10.9 Å². The highest BCUT2D eigenvalue weighted by Gasteiger charge is 2.35. The molecule has 0 radical (unpaired) electrons. The molecular formula is C20H26F3N3O2. The molecule has 1 aromatic heterocycles. The van der Waals surface area contributed by atoms with E-state index in [0.717, 1.165) is 51.4 Å². The molecule has 0 aliphatic heterocycles. The third-order valence-corrected chi connectivity index (χ3v) is 4.47. The number of carboxylic acid groups (broad SMARTS) is 1. The number of nitrogens with zero attached hydrogens (tertiary/aromatic N) is 2. The highest BCUT2D eigenvalue weighted by atomic mass is 19.4. The first-order valence-corrected chi connectivity index (χ1v) is 9.67. The molecular weight excluding hydrogens is 371 g/mol. The van der Waals surface area contributed by atoms with Crippen LogP contribution < -0.4 is 5.32 Å². The van der Waals surface area contributed by atoms with Gasteiger partial charge in [-0.05, 0) is 25.0 Å². The molecule has 28 heavy (non-hydrogen) atoms. The summed E-state index contributed by atoms with van der Waals surface area (Å²) in [5.41, 5.74) is 0.273. The first-order valence-electron chi connectivity index (χ1n) is 9.67. The Balaban J connectivity index is 1.72. The highest BCUT2D eigenvalue weighted by Crippen LogP contribution is 2.30. The normalized spacial score (nSPS) is 11.7. The summed E-state index contributed by atoms with van der Waals surface area (Å²) in [4.78, 5) is 17.7. The standard InChI is InChI=1S/C20H26F3N3O2/c21-20(22,23)19-25-16-12-9-8-11-15(16)18(26-19)24-14-10-6-4-2-1-3-5-7-13-17(27)28/h8-9,11-12H,1-7,10,13-14H2,(H,27,28)(H,24,25,26). The lowest BCUT2D eigenvalue weighted by molar-refractivity contribution is -0.144. The maximum absolute atomic E-state index is 13.0. The maximum atomic E-state index is 13.0. The summed E-state index contributed by atoms with van der Waals surface area (Å²) < 4.78 is 39.0. The van der Waals surface area contributed by atoms with Gasteiger partial charge >= 0.3 is 12.1 Å². The van der Waals surface area contributed by atoms with Crippen molar-refractivity contribution in [1.82, 2.24) is 9.97 Å². The van der Waals surface area contributed by atoms with Crippen molar-refractivity contribution in [2.24, 2.45) is 0 Å². The molecule has 0 aliphatic carbocycles. The second-order valence-electron chi connectivity index (χ2n) is 6.81. The number of hydrogen-bond donors (Lipinski definition) is 2. The molecule has 1 heterocycles. The summed E-state index contributed by atoms with van der Waals surface area (Å²) in [6.45, 7) is 0.552. The van der Waals surface area contributed by atoms with E-state index >= 15 is 0 Å². The molecule has 2 aromatic rings. The first-order chi connectivity index (χ1) is 13.4. The van der Waals surface area contributed by atoms with Gasteiger partial charge in [0.05, 0.1) is 5.52 Å². The van der Waals surface area contributed by atoms with Crippen molar-refractivity contribution in [1.29, 1.82) is 0 Å². The Morgan fingerprint density at radius 3 is 2.18 bits per heavy atom. The van der Waals surface area contributed by atoms with Gasteiger partial charge < -0.3 is 10.4 Å². The van der Waals surface area contributed by atoms with Crippen LogP contribution >= 0.6 is 0 Å². The van der Waals surface area contributed by atoms with Gasteiger partial charge in [-0.2, -0.15) is 13.2 Å². The summed E-state index contributed by atoms with van der Waals surface area (Å²) in [5, 5.41) is 12.2. The number of hydrogen-bond acceptors (Lipinski definition) is 4. The number of aromatic nitrogens is 2. The predicted octanol–water partition coefficient (Wildman–Crippen LogP) is 5.66. The molecule has 1 aromatic carbocycles. The second kappa shape index (κ2) is 10.8. The third-order valence-electron chi connectivity index (χ3n) is 4.47. The fourth-order valence-electron chi connectivity index (χ4n) is 3.01. The van der Waals surface area contributed by atoms with Crippen molar-refractivity contribution in [3.05, 3.63) is 30.1 Å². The molecule has 0 bridgehead atoms. The zero-order valence-electron chi connectivity index (χ0n) is 15.8. The van der Waals surface area contributed by atoms with Crippen molar-refractivity contribution in [3.8, 4) is 0 Å². The average molecular weight is 397 g/mol. The number of rotatable bonds is 12. The van der Waals surface area contributed by atoms with Gasteiger partial charge in [0.25, 0.3) is 0 Å². The number of para-hydroxylation sites is 1. The molecule has 154 valence electrons. The van der Waals surface area contributed by atoms with E-state index in [1.54, 1.807) is 24.3 Å². The SMILES string of the molecule is O=C(O)CCCCCCCCCCNc1nc(C(F)(F)F)nc2ccccc12. The number of carbonyl (C=O) groups is 1. The van der Waals surface area contributed by atoms with Gasteiger partial charge in [-0.3, -0.25) is 4.79 Å². The largest absolute Gasteiger partial charge is 0.481 e. The monoisotopic (exact) mass is 397 g/mol. The third kappa shape index (κ3) is 7.32. The minimum atomic E-state index is -4.58. The number of fused-ring (bicyclic) bond motifs is 1. The van der Waals surface area contributed by atoms with Crippen molar-refractivity contribution in [2.75, 3.05) is 11.9 Å². The van der Waals surface area contributed by atoms with Crippen LogP contribution in [0.15, 0.2) is 24.3 Å².